The van der Waals surface area contributed by atoms with E-state index < -0.39 is 23.7 Å². The molecule has 1 aromatic rings. The second-order valence-corrected chi connectivity index (χ2v) is 4.93. The van der Waals surface area contributed by atoms with Gasteiger partial charge in [-0.05, 0) is 6.07 Å². The molecule has 22 heavy (non-hydrogen) atoms. The largest absolute Gasteiger partial charge is 0.493 e. The van der Waals surface area contributed by atoms with E-state index in [0.29, 0.717) is 28.6 Å². The highest BCUT2D eigenvalue weighted by atomic mass is 16.7. The number of carboxylic acids is 1. The van der Waals surface area contributed by atoms with E-state index in [-0.39, 0.29) is 13.3 Å². The SMILES string of the molecule is COc1cc([C@@H]2CNC(=O)[C@@H]2C(=O)O)c(OC)c2c1OCO2. The van der Waals surface area contributed by atoms with Crippen molar-refractivity contribution >= 4 is 11.9 Å². The fourth-order valence-corrected chi connectivity index (χ4v) is 2.87. The Hall–Kier alpha value is -2.64. The van der Waals surface area contributed by atoms with Gasteiger partial charge in [0.25, 0.3) is 0 Å². The van der Waals surface area contributed by atoms with Crippen LogP contribution in [0, 0.1) is 5.92 Å². The van der Waals surface area contributed by atoms with E-state index in [1.807, 2.05) is 0 Å². The summed E-state index contributed by atoms with van der Waals surface area (Å²) in [4.78, 5) is 23.2. The number of carboxylic acid groups (broad SMARTS) is 1. The smallest absolute Gasteiger partial charge is 0.316 e. The quantitative estimate of drug-likeness (QED) is 0.773. The number of benzene rings is 1. The van der Waals surface area contributed by atoms with E-state index in [9.17, 15) is 14.7 Å². The summed E-state index contributed by atoms with van der Waals surface area (Å²) in [6.45, 7) is 0.227. The normalized spacial score (nSPS) is 22.4. The number of ether oxygens (including phenoxy) is 4. The number of carbonyl (C=O) groups is 2. The summed E-state index contributed by atoms with van der Waals surface area (Å²) >= 11 is 0. The highest BCUT2D eigenvalue weighted by Gasteiger charge is 2.44. The van der Waals surface area contributed by atoms with Crippen LogP contribution in [0.2, 0.25) is 0 Å². The number of aliphatic carboxylic acids is 1. The number of hydrogen-bond acceptors (Lipinski definition) is 6. The van der Waals surface area contributed by atoms with Crippen molar-refractivity contribution in [2.45, 2.75) is 5.92 Å². The Labute approximate surface area is 125 Å². The first kappa shape index (κ1) is 14.3. The molecule has 1 fully saturated rings. The Morgan fingerprint density at radius 1 is 1.32 bits per heavy atom. The standard InChI is InChI=1S/C14H15NO7/c1-19-8-3-6(7-4-15-13(16)9(7)14(17)18)10(20-2)12-11(8)21-5-22-12/h3,7,9H,4-5H2,1-2H3,(H,15,16)(H,17,18)/t7-,9+/m0/s1. The van der Waals surface area contributed by atoms with Gasteiger partial charge in [0.15, 0.2) is 11.5 Å². The number of fused-ring (bicyclic) bond motifs is 1. The van der Waals surface area contributed by atoms with Crippen LogP contribution in [0.5, 0.6) is 23.0 Å². The van der Waals surface area contributed by atoms with Gasteiger partial charge >= 0.3 is 5.97 Å². The van der Waals surface area contributed by atoms with Gasteiger partial charge in [0.2, 0.25) is 24.2 Å². The molecule has 0 unspecified atom stereocenters. The van der Waals surface area contributed by atoms with Crippen LogP contribution in [-0.2, 0) is 9.59 Å². The van der Waals surface area contributed by atoms with Crippen molar-refractivity contribution in [3.63, 3.8) is 0 Å². The molecule has 1 aromatic carbocycles. The van der Waals surface area contributed by atoms with Crippen molar-refractivity contribution in [2.75, 3.05) is 27.6 Å². The molecule has 0 spiro atoms. The molecule has 0 saturated carbocycles. The lowest BCUT2D eigenvalue weighted by Gasteiger charge is -2.19. The molecule has 8 heteroatoms. The van der Waals surface area contributed by atoms with Gasteiger partial charge in [0.1, 0.15) is 5.92 Å². The zero-order chi connectivity index (χ0) is 15.9. The second kappa shape index (κ2) is 5.28. The van der Waals surface area contributed by atoms with E-state index in [1.165, 1.54) is 14.2 Å². The summed E-state index contributed by atoms with van der Waals surface area (Å²) in [5, 5.41) is 11.9. The molecule has 118 valence electrons. The summed E-state index contributed by atoms with van der Waals surface area (Å²) in [6.07, 6.45) is 0. The Balaban J connectivity index is 2.14. The zero-order valence-corrected chi connectivity index (χ0v) is 12.0. The number of rotatable bonds is 4. The third-order valence-electron chi connectivity index (χ3n) is 3.86. The average molecular weight is 309 g/mol. The lowest BCUT2D eigenvalue weighted by Crippen LogP contribution is -2.26. The van der Waals surface area contributed by atoms with Crippen LogP contribution in [0.4, 0.5) is 0 Å². The number of carbonyl (C=O) groups excluding carboxylic acids is 1. The van der Waals surface area contributed by atoms with Gasteiger partial charge in [-0.3, -0.25) is 9.59 Å². The minimum atomic E-state index is -1.18. The zero-order valence-electron chi connectivity index (χ0n) is 12.0. The Morgan fingerprint density at radius 2 is 2.05 bits per heavy atom. The van der Waals surface area contributed by atoms with Crippen molar-refractivity contribution in [3.8, 4) is 23.0 Å². The van der Waals surface area contributed by atoms with Crippen molar-refractivity contribution in [3.05, 3.63) is 11.6 Å². The summed E-state index contributed by atoms with van der Waals surface area (Å²) in [7, 11) is 2.92. The fourth-order valence-electron chi connectivity index (χ4n) is 2.87. The predicted octanol–water partition coefficient (Wildman–Crippen LogP) is 0.347. The number of hydrogen-bond donors (Lipinski definition) is 2. The summed E-state index contributed by atoms with van der Waals surface area (Å²) in [5.74, 6) is -1.92. The van der Waals surface area contributed by atoms with Crippen molar-refractivity contribution in [1.82, 2.24) is 5.32 Å². The van der Waals surface area contributed by atoms with Crippen LogP contribution in [-0.4, -0.2) is 44.5 Å². The van der Waals surface area contributed by atoms with Crippen LogP contribution < -0.4 is 24.3 Å². The molecule has 2 atom stereocenters. The molecule has 1 saturated heterocycles. The highest BCUT2D eigenvalue weighted by Crippen LogP contribution is 2.52. The molecular formula is C14H15NO7. The molecule has 0 radical (unpaired) electrons. The molecule has 3 rings (SSSR count). The van der Waals surface area contributed by atoms with Gasteiger partial charge in [0.05, 0.1) is 14.2 Å². The average Bonchev–Trinajstić information content (AvgIpc) is 3.11. The third kappa shape index (κ3) is 1.99. The third-order valence-corrected chi connectivity index (χ3v) is 3.86. The fraction of sp³-hybridized carbons (Fsp3) is 0.429. The van der Waals surface area contributed by atoms with Gasteiger partial charge in [-0.25, -0.2) is 0 Å². The molecule has 0 aromatic heterocycles. The maximum atomic E-state index is 11.8. The molecular weight excluding hydrogens is 294 g/mol. The maximum Gasteiger partial charge on any atom is 0.316 e. The highest BCUT2D eigenvalue weighted by molar-refractivity contribution is 6.00. The van der Waals surface area contributed by atoms with Gasteiger partial charge < -0.3 is 29.4 Å². The minimum absolute atomic E-state index is 0.0235. The molecule has 2 aliphatic heterocycles. The van der Waals surface area contributed by atoms with Crippen LogP contribution in [0.1, 0.15) is 11.5 Å². The Morgan fingerprint density at radius 3 is 2.68 bits per heavy atom. The Kier molecular flexibility index (Phi) is 3.44. The van der Waals surface area contributed by atoms with Gasteiger partial charge in [-0.1, -0.05) is 0 Å². The topological polar surface area (TPSA) is 103 Å². The van der Waals surface area contributed by atoms with E-state index in [0.717, 1.165) is 0 Å². The summed E-state index contributed by atoms with van der Waals surface area (Å²) in [5.41, 5.74) is 0.536. The lowest BCUT2D eigenvalue weighted by molar-refractivity contribution is -0.145. The van der Waals surface area contributed by atoms with E-state index in [1.54, 1.807) is 6.07 Å². The number of nitrogens with one attached hydrogen (secondary N) is 1. The van der Waals surface area contributed by atoms with Gasteiger partial charge in [-0.15, -0.1) is 0 Å². The number of amides is 1. The second-order valence-electron chi connectivity index (χ2n) is 4.93. The molecule has 0 bridgehead atoms. The number of methoxy groups -OCH3 is 2. The van der Waals surface area contributed by atoms with Crippen LogP contribution >= 0.6 is 0 Å². The van der Waals surface area contributed by atoms with E-state index >= 15 is 0 Å². The van der Waals surface area contributed by atoms with E-state index in [2.05, 4.69) is 5.32 Å². The summed E-state index contributed by atoms with van der Waals surface area (Å²) < 4.78 is 21.4. The summed E-state index contributed by atoms with van der Waals surface area (Å²) in [6, 6.07) is 1.63. The van der Waals surface area contributed by atoms with Gasteiger partial charge in [0, 0.05) is 18.0 Å². The minimum Gasteiger partial charge on any atom is -0.493 e. The molecule has 0 aliphatic carbocycles. The maximum absolute atomic E-state index is 11.8. The van der Waals surface area contributed by atoms with E-state index in [4.69, 9.17) is 18.9 Å². The predicted molar refractivity (Wildman–Crippen MR) is 72.5 cm³/mol. The molecule has 1 amide bonds. The molecule has 2 heterocycles. The van der Waals surface area contributed by atoms with Crippen LogP contribution in [0.3, 0.4) is 0 Å². The first-order valence-electron chi connectivity index (χ1n) is 6.63. The molecule has 2 aliphatic rings. The van der Waals surface area contributed by atoms with Crippen molar-refractivity contribution in [1.29, 1.82) is 0 Å². The van der Waals surface area contributed by atoms with Crippen molar-refractivity contribution < 1.29 is 33.6 Å². The molecule has 8 nitrogen and oxygen atoms in total. The van der Waals surface area contributed by atoms with Crippen LogP contribution in [0.25, 0.3) is 0 Å². The first-order valence-corrected chi connectivity index (χ1v) is 6.63. The van der Waals surface area contributed by atoms with Crippen molar-refractivity contribution in [2.24, 2.45) is 5.92 Å². The lowest BCUT2D eigenvalue weighted by atomic mass is 9.87. The monoisotopic (exact) mass is 309 g/mol. The van der Waals surface area contributed by atoms with Gasteiger partial charge in [-0.2, -0.15) is 0 Å². The molecule has 2 N–H and O–H groups in total. The van der Waals surface area contributed by atoms with Crippen LogP contribution in [0.15, 0.2) is 6.07 Å². The first-order chi connectivity index (χ1) is 10.6. The Bertz CT molecular complexity index is 643.